The Hall–Kier alpha value is -1.03. The summed E-state index contributed by atoms with van der Waals surface area (Å²) in [6.45, 7) is 0.358. The Balaban J connectivity index is 2.57. The molecule has 0 aromatic heterocycles. The minimum atomic E-state index is -0.277. The van der Waals surface area contributed by atoms with Crippen molar-refractivity contribution in [2.24, 2.45) is 0 Å². The van der Waals surface area contributed by atoms with E-state index in [2.05, 4.69) is 15.9 Å². The lowest BCUT2D eigenvalue weighted by Crippen LogP contribution is -1.95. The van der Waals surface area contributed by atoms with E-state index < -0.39 is 0 Å². The first-order valence-electron chi connectivity index (χ1n) is 3.76. The fourth-order valence-corrected chi connectivity index (χ4v) is 1.83. The van der Waals surface area contributed by atoms with Gasteiger partial charge >= 0.3 is 5.97 Å². The number of methoxy groups -OCH3 is 1. The van der Waals surface area contributed by atoms with Crippen LogP contribution in [0.15, 0.2) is 16.6 Å². The molecule has 0 radical (unpaired) electrons. The second-order valence-corrected chi connectivity index (χ2v) is 3.57. The van der Waals surface area contributed by atoms with Crippen LogP contribution in [-0.4, -0.2) is 13.1 Å². The van der Waals surface area contributed by atoms with Crippen LogP contribution in [0.25, 0.3) is 0 Å². The predicted octanol–water partition coefficient (Wildman–Crippen LogP) is 2.13. The molecule has 0 bridgehead atoms. The molecule has 68 valence electrons. The summed E-state index contributed by atoms with van der Waals surface area (Å²) in [6, 6.07) is 3.54. The lowest BCUT2D eigenvalue weighted by molar-refractivity contribution is 0.0535. The molecule has 2 rings (SSSR count). The Morgan fingerprint density at radius 3 is 3.00 bits per heavy atom. The van der Waals surface area contributed by atoms with Crippen LogP contribution in [-0.2, 0) is 11.3 Å². The van der Waals surface area contributed by atoms with Gasteiger partial charge in [-0.05, 0) is 28.1 Å². The van der Waals surface area contributed by atoms with E-state index in [0.29, 0.717) is 17.9 Å². The molecule has 0 aliphatic carbocycles. The highest BCUT2D eigenvalue weighted by atomic mass is 79.9. The zero-order chi connectivity index (χ0) is 9.42. The van der Waals surface area contributed by atoms with E-state index in [1.54, 1.807) is 13.2 Å². The number of cyclic esters (lactones) is 1. The quantitative estimate of drug-likeness (QED) is 0.708. The van der Waals surface area contributed by atoms with Crippen LogP contribution in [0, 0.1) is 0 Å². The van der Waals surface area contributed by atoms with Crippen LogP contribution in [0.1, 0.15) is 15.9 Å². The number of carbonyl (C=O) groups excluding carboxylic acids is 1. The number of rotatable bonds is 1. The number of fused-ring (bicyclic) bond motifs is 1. The van der Waals surface area contributed by atoms with Crippen molar-refractivity contribution >= 4 is 21.9 Å². The predicted molar refractivity (Wildman–Crippen MR) is 49.8 cm³/mol. The monoisotopic (exact) mass is 242 g/mol. The van der Waals surface area contributed by atoms with E-state index in [-0.39, 0.29) is 5.97 Å². The largest absolute Gasteiger partial charge is 0.496 e. The average molecular weight is 243 g/mol. The topological polar surface area (TPSA) is 35.5 Å². The zero-order valence-corrected chi connectivity index (χ0v) is 8.55. The van der Waals surface area contributed by atoms with Gasteiger partial charge in [-0.3, -0.25) is 0 Å². The molecule has 4 heteroatoms. The molecule has 1 aromatic carbocycles. The molecule has 13 heavy (non-hydrogen) atoms. The Bertz CT molecular complexity index is 373. The first kappa shape index (κ1) is 8.56. The minimum Gasteiger partial charge on any atom is -0.496 e. The molecule has 0 spiro atoms. The van der Waals surface area contributed by atoms with Gasteiger partial charge in [-0.2, -0.15) is 0 Å². The molecule has 0 saturated carbocycles. The number of benzene rings is 1. The summed E-state index contributed by atoms with van der Waals surface area (Å²) in [4.78, 5) is 11.2. The third-order valence-electron chi connectivity index (χ3n) is 1.96. The van der Waals surface area contributed by atoms with Gasteiger partial charge in [-0.15, -0.1) is 0 Å². The first-order valence-corrected chi connectivity index (χ1v) is 4.55. The number of halogens is 1. The van der Waals surface area contributed by atoms with E-state index in [9.17, 15) is 4.79 Å². The second-order valence-electron chi connectivity index (χ2n) is 2.72. The third-order valence-corrected chi connectivity index (χ3v) is 2.58. The van der Waals surface area contributed by atoms with Crippen molar-refractivity contribution in [1.29, 1.82) is 0 Å². The van der Waals surface area contributed by atoms with Gasteiger partial charge in [-0.25, -0.2) is 4.79 Å². The summed E-state index contributed by atoms with van der Waals surface area (Å²) < 4.78 is 10.8. The van der Waals surface area contributed by atoms with Crippen molar-refractivity contribution in [3.05, 3.63) is 27.7 Å². The smallest absolute Gasteiger partial charge is 0.339 e. The Morgan fingerprint density at radius 2 is 2.31 bits per heavy atom. The van der Waals surface area contributed by atoms with Gasteiger partial charge in [0.1, 0.15) is 12.4 Å². The SMILES string of the molecule is COc1cc2c(cc1Br)COC2=O. The summed E-state index contributed by atoms with van der Waals surface area (Å²) in [5, 5.41) is 0. The van der Waals surface area contributed by atoms with E-state index in [1.807, 2.05) is 6.07 Å². The van der Waals surface area contributed by atoms with Crippen molar-refractivity contribution in [2.75, 3.05) is 7.11 Å². The van der Waals surface area contributed by atoms with Crippen LogP contribution in [0.3, 0.4) is 0 Å². The molecule has 0 saturated heterocycles. The number of hydrogen-bond acceptors (Lipinski definition) is 3. The highest BCUT2D eigenvalue weighted by Gasteiger charge is 2.22. The maximum absolute atomic E-state index is 11.2. The summed E-state index contributed by atoms with van der Waals surface area (Å²) in [7, 11) is 1.56. The van der Waals surface area contributed by atoms with Crippen molar-refractivity contribution in [3.8, 4) is 5.75 Å². The number of carbonyl (C=O) groups is 1. The molecule has 1 heterocycles. The molecule has 0 amide bonds. The third kappa shape index (κ3) is 1.31. The van der Waals surface area contributed by atoms with Gasteiger partial charge < -0.3 is 9.47 Å². The van der Waals surface area contributed by atoms with E-state index in [0.717, 1.165) is 10.0 Å². The van der Waals surface area contributed by atoms with Crippen molar-refractivity contribution in [3.63, 3.8) is 0 Å². The van der Waals surface area contributed by atoms with Crippen LogP contribution in [0.4, 0.5) is 0 Å². The van der Waals surface area contributed by atoms with E-state index >= 15 is 0 Å². The van der Waals surface area contributed by atoms with Gasteiger partial charge in [0.05, 0.1) is 17.1 Å². The van der Waals surface area contributed by atoms with Gasteiger partial charge in [0.25, 0.3) is 0 Å². The highest BCUT2D eigenvalue weighted by Crippen LogP contribution is 2.31. The standard InChI is InChI=1S/C9H7BrO3/c1-12-8-3-6-5(2-7(8)10)4-13-9(6)11/h2-3H,4H2,1H3. The summed E-state index contributed by atoms with van der Waals surface area (Å²) in [5.41, 5.74) is 1.50. The lowest BCUT2D eigenvalue weighted by atomic mass is 10.1. The van der Waals surface area contributed by atoms with Gasteiger partial charge in [0.2, 0.25) is 0 Å². The van der Waals surface area contributed by atoms with Crippen LogP contribution in [0.2, 0.25) is 0 Å². The number of ether oxygens (including phenoxy) is 2. The number of esters is 1. The minimum absolute atomic E-state index is 0.277. The van der Waals surface area contributed by atoms with Crippen molar-refractivity contribution in [2.45, 2.75) is 6.61 Å². The van der Waals surface area contributed by atoms with Crippen LogP contribution >= 0.6 is 15.9 Å². The molecule has 1 aromatic rings. The maximum atomic E-state index is 11.2. The normalized spacial score (nSPS) is 13.8. The van der Waals surface area contributed by atoms with Crippen molar-refractivity contribution < 1.29 is 14.3 Å². The van der Waals surface area contributed by atoms with E-state index in [4.69, 9.17) is 9.47 Å². The van der Waals surface area contributed by atoms with Gasteiger partial charge in [0, 0.05) is 5.56 Å². The van der Waals surface area contributed by atoms with E-state index in [1.165, 1.54) is 0 Å². The summed E-state index contributed by atoms with van der Waals surface area (Å²) in [5.74, 6) is 0.374. The van der Waals surface area contributed by atoms with Gasteiger partial charge in [0.15, 0.2) is 0 Å². The molecule has 0 fully saturated rings. The molecule has 1 aliphatic rings. The lowest BCUT2D eigenvalue weighted by Gasteiger charge is -2.03. The molecule has 1 aliphatic heterocycles. The second kappa shape index (κ2) is 3.03. The van der Waals surface area contributed by atoms with Crippen molar-refractivity contribution in [1.82, 2.24) is 0 Å². The molecule has 0 N–H and O–H groups in total. The Kier molecular flexibility index (Phi) is 2.00. The van der Waals surface area contributed by atoms with Gasteiger partial charge in [-0.1, -0.05) is 0 Å². The summed E-state index contributed by atoms with van der Waals surface area (Å²) in [6.07, 6.45) is 0. The Labute approximate surface area is 83.8 Å². The Morgan fingerprint density at radius 1 is 1.54 bits per heavy atom. The number of hydrogen-bond donors (Lipinski definition) is 0. The molecule has 0 unspecified atom stereocenters. The first-order chi connectivity index (χ1) is 6.22. The molecule has 0 atom stereocenters. The highest BCUT2D eigenvalue weighted by molar-refractivity contribution is 9.10. The average Bonchev–Trinajstić information content (AvgIpc) is 2.46. The molecular formula is C9H7BrO3. The molecular weight excluding hydrogens is 236 g/mol. The summed E-state index contributed by atoms with van der Waals surface area (Å²) >= 11 is 3.34. The fraction of sp³-hybridized carbons (Fsp3) is 0.222. The van der Waals surface area contributed by atoms with Crippen LogP contribution < -0.4 is 4.74 Å². The fourth-order valence-electron chi connectivity index (χ4n) is 1.28. The zero-order valence-electron chi connectivity index (χ0n) is 6.96. The van der Waals surface area contributed by atoms with Crippen LogP contribution in [0.5, 0.6) is 5.75 Å². The molecule has 3 nitrogen and oxygen atoms in total. The maximum Gasteiger partial charge on any atom is 0.339 e.